The van der Waals surface area contributed by atoms with Crippen molar-refractivity contribution in [2.24, 2.45) is 0 Å². The lowest BCUT2D eigenvalue weighted by molar-refractivity contribution is 0.0358. The molecule has 1 aliphatic rings. The number of nitrogens with zero attached hydrogens (tertiary/aromatic N) is 1. The Labute approximate surface area is 160 Å². The van der Waals surface area contributed by atoms with Crippen LogP contribution < -0.4 is 4.74 Å². The Morgan fingerprint density at radius 1 is 0.852 bits per heavy atom. The second-order valence-corrected chi connectivity index (χ2v) is 6.93. The first-order valence-corrected chi connectivity index (χ1v) is 9.54. The summed E-state index contributed by atoms with van der Waals surface area (Å²) in [6, 6.07) is 19.9. The maximum Gasteiger partial charge on any atom is 0.119 e. The summed E-state index contributed by atoms with van der Waals surface area (Å²) < 4.78 is 11.4. The van der Waals surface area contributed by atoms with Gasteiger partial charge in [-0.15, -0.1) is 0 Å². The van der Waals surface area contributed by atoms with Crippen molar-refractivity contribution in [1.82, 2.24) is 4.90 Å². The van der Waals surface area contributed by atoms with Crippen molar-refractivity contribution in [2.75, 3.05) is 39.5 Å². The molecule has 3 aromatic carbocycles. The molecule has 0 bridgehead atoms. The van der Waals surface area contributed by atoms with E-state index in [-0.39, 0.29) is 5.75 Å². The Morgan fingerprint density at radius 2 is 1.59 bits per heavy atom. The highest BCUT2D eigenvalue weighted by atomic mass is 16.5. The molecule has 0 aromatic heterocycles. The average molecular weight is 363 g/mol. The normalized spacial score (nSPS) is 15.1. The zero-order chi connectivity index (χ0) is 18.5. The molecule has 1 aliphatic heterocycles. The molecule has 1 heterocycles. The van der Waals surface area contributed by atoms with Gasteiger partial charge in [-0.25, -0.2) is 0 Å². The number of fused-ring (bicyclic) bond motifs is 1. The van der Waals surface area contributed by atoms with Gasteiger partial charge in [0.05, 0.1) is 19.8 Å². The minimum absolute atomic E-state index is 0.285. The third-order valence-corrected chi connectivity index (χ3v) is 5.00. The minimum Gasteiger partial charge on any atom is -0.508 e. The number of benzene rings is 3. The van der Waals surface area contributed by atoms with Crippen LogP contribution in [-0.2, 0) is 4.74 Å². The predicted octanol–water partition coefficient (Wildman–Crippen LogP) is 4.31. The molecule has 0 atom stereocenters. The smallest absolute Gasteiger partial charge is 0.119 e. The molecule has 0 saturated carbocycles. The van der Waals surface area contributed by atoms with Gasteiger partial charge in [0.15, 0.2) is 0 Å². The summed E-state index contributed by atoms with van der Waals surface area (Å²) in [5, 5.41) is 11.8. The van der Waals surface area contributed by atoms with Crippen LogP contribution in [0.1, 0.15) is 6.42 Å². The molecule has 1 fully saturated rings. The molecule has 1 saturated heterocycles. The molecule has 3 aromatic rings. The zero-order valence-electron chi connectivity index (χ0n) is 15.4. The summed E-state index contributed by atoms with van der Waals surface area (Å²) in [7, 11) is 0. The molecule has 4 heteroatoms. The first-order chi connectivity index (χ1) is 13.3. The third-order valence-electron chi connectivity index (χ3n) is 5.00. The van der Waals surface area contributed by atoms with Crippen LogP contribution in [0.5, 0.6) is 11.5 Å². The highest BCUT2D eigenvalue weighted by Gasteiger charge is 2.09. The number of aromatic hydroxyl groups is 1. The number of ether oxygens (including phenoxy) is 2. The fourth-order valence-electron chi connectivity index (χ4n) is 3.45. The lowest BCUT2D eigenvalue weighted by Gasteiger charge is -2.26. The number of morpholine rings is 1. The monoisotopic (exact) mass is 363 g/mol. The van der Waals surface area contributed by atoms with Crippen molar-refractivity contribution in [3.05, 3.63) is 60.7 Å². The van der Waals surface area contributed by atoms with Crippen LogP contribution in [0, 0.1) is 0 Å². The standard InChI is InChI=1S/C23H25NO3/c25-22-7-4-18(5-8-22)20-3-2-19-6-9-23(17-21(19)16-20)27-13-1-10-24-11-14-26-15-12-24/h2-9,16-17,25H,1,10-15H2. The Balaban J connectivity index is 1.40. The Kier molecular flexibility index (Phi) is 5.56. The molecule has 0 unspecified atom stereocenters. The molecule has 4 rings (SSSR count). The second kappa shape index (κ2) is 8.42. The van der Waals surface area contributed by atoms with Crippen LogP contribution in [0.4, 0.5) is 0 Å². The van der Waals surface area contributed by atoms with E-state index in [2.05, 4.69) is 35.2 Å². The van der Waals surface area contributed by atoms with Crippen molar-refractivity contribution in [1.29, 1.82) is 0 Å². The fourth-order valence-corrected chi connectivity index (χ4v) is 3.45. The van der Waals surface area contributed by atoms with Crippen molar-refractivity contribution < 1.29 is 14.6 Å². The summed E-state index contributed by atoms with van der Waals surface area (Å²) in [4.78, 5) is 2.43. The van der Waals surface area contributed by atoms with Gasteiger partial charge < -0.3 is 14.6 Å². The SMILES string of the molecule is Oc1ccc(-c2ccc3ccc(OCCCN4CCOCC4)cc3c2)cc1. The molecule has 4 nitrogen and oxygen atoms in total. The van der Waals surface area contributed by atoms with Gasteiger partial charge in [0.1, 0.15) is 11.5 Å². The Hall–Kier alpha value is -2.56. The van der Waals surface area contributed by atoms with Crippen molar-refractivity contribution in [3.63, 3.8) is 0 Å². The summed E-state index contributed by atoms with van der Waals surface area (Å²) in [5.41, 5.74) is 2.22. The van der Waals surface area contributed by atoms with E-state index in [9.17, 15) is 5.11 Å². The van der Waals surface area contributed by atoms with E-state index < -0.39 is 0 Å². The number of phenolic OH excluding ortho intramolecular Hbond substituents is 1. The van der Waals surface area contributed by atoms with Crippen LogP contribution >= 0.6 is 0 Å². The van der Waals surface area contributed by atoms with Crippen molar-refractivity contribution >= 4 is 10.8 Å². The number of phenols is 1. The van der Waals surface area contributed by atoms with Crippen LogP contribution in [0.2, 0.25) is 0 Å². The molecule has 140 valence electrons. The summed E-state index contributed by atoms with van der Waals surface area (Å²) in [5.74, 6) is 1.19. The topological polar surface area (TPSA) is 41.9 Å². The summed E-state index contributed by atoms with van der Waals surface area (Å²) in [6.45, 7) is 5.51. The van der Waals surface area contributed by atoms with E-state index in [0.29, 0.717) is 0 Å². The van der Waals surface area contributed by atoms with E-state index in [1.165, 1.54) is 5.39 Å². The van der Waals surface area contributed by atoms with Gasteiger partial charge in [-0.05, 0) is 58.7 Å². The second-order valence-electron chi connectivity index (χ2n) is 6.93. The summed E-state index contributed by atoms with van der Waals surface area (Å²) in [6.07, 6.45) is 1.02. The van der Waals surface area contributed by atoms with E-state index in [0.717, 1.165) is 68.1 Å². The first kappa shape index (κ1) is 17.8. The maximum atomic E-state index is 9.47. The summed E-state index contributed by atoms with van der Waals surface area (Å²) >= 11 is 0. The van der Waals surface area contributed by atoms with Gasteiger partial charge in [0.2, 0.25) is 0 Å². The Bertz CT molecular complexity index is 886. The molecule has 0 radical (unpaired) electrons. The first-order valence-electron chi connectivity index (χ1n) is 9.54. The Morgan fingerprint density at radius 3 is 2.41 bits per heavy atom. The maximum absolute atomic E-state index is 9.47. The highest BCUT2D eigenvalue weighted by molar-refractivity contribution is 5.88. The van der Waals surface area contributed by atoms with Crippen LogP contribution in [0.15, 0.2) is 60.7 Å². The molecular formula is C23H25NO3. The van der Waals surface area contributed by atoms with Gasteiger partial charge in [0.25, 0.3) is 0 Å². The van der Waals surface area contributed by atoms with E-state index in [4.69, 9.17) is 9.47 Å². The minimum atomic E-state index is 0.285. The largest absolute Gasteiger partial charge is 0.508 e. The van der Waals surface area contributed by atoms with Gasteiger partial charge in [-0.1, -0.05) is 30.3 Å². The van der Waals surface area contributed by atoms with Gasteiger partial charge in [-0.3, -0.25) is 4.90 Å². The fraction of sp³-hybridized carbons (Fsp3) is 0.304. The highest BCUT2D eigenvalue weighted by Crippen LogP contribution is 2.28. The van der Waals surface area contributed by atoms with Gasteiger partial charge in [0, 0.05) is 19.6 Å². The zero-order valence-corrected chi connectivity index (χ0v) is 15.4. The lowest BCUT2D eigenvalue weighted by Crippen LogP contribution is -2.37. The number of hydrogen-bond donors (Lipinski definition) is 1. The van der Waals surface area contributed by atoms with E-state index in [1.54, 1.807) is 12.1 Å². The van der Waals surface area contributed by atoms with Gasteiger partial charge >= 0.3 is 0 Å². The van der Waals surface area contributed by atoms with Crippen molar-refractivity contribution in [3.8, 4) is 22.6 Å². The molecule has 0 spiro atoms. The molecule has 1 N–H and O–H groups in total. The third kappa shape index (κ3) is 4.59. The van der Waals surface area contributed by atoms with Crippen LogP contribution in [-0.4, -0.2) is 49.5 Å². The van der Waals surface area contributed by atoms with E-state index >= 15 is 0 Å². The van der Waals surface area contributed by atoms with Crippen LogP contribution in [0.25, 0.3) is 21.9 Å². The number of hydrogen-bond acceptors (Lipinski definition) is 4. The quantitative estimate of drug-likeness (QED) is 0.663. The molecule has 0 amide bonds. The van der Waals surface area contributed by atoms with Crippen LogP contribution in [0.3, 0.4) is 0 Å². The number of rotatable bonds is 6. The molecular weight excluding hydrogens is 338 g/mol. The van der Waals surface area contributed by atoms with Crippen molar-refractivity contribution in [2.45, 2.75) is 6.42 Å². The van der Waals surface area contributed by atoms with Gasteiger partial charge in [-0.2, -0.15) is 0 Å². The molecule has 0 aliphatic carbocycles. The van der Waals surface area contributed by atoms with E-state index in [1.807, 2.05) is 18.2 Å². The average Bonchev–Trinajstić information content (AvgIpc) is 2.72. The lowest BCUT2D eigenvalue weighted by atomic mass is 10.0. The molecule has 27 heavy (non-hydrogen) atoms. The predicted molar refractivity (Wildman–Crippen MR) is 108 cm³/mol.